The fourth-order valence-electron chi connectivity index (χ4n) is 2.21. The number of nitrogens with zero attached hydrogens (tertiary/aromatic N) is 1. The van der Waals surface area contributed by atoms with Crippen molar-refractivity contribution in [2.75, 3.05) is 19.8 Å². The van der Waals surface area contributed by atoms with Gasteiger partial charge in [0, 0.05) is 24.1 Å². The van der Waals surface area contributed by atoms with Crippen molar-refractivity contribution in [3.8, 4) is 11.5 Å². The number of aromatic nitrogens is 1. The van der Waals surface area contributed by atoms with Crippen molar-refractivity contribution < 1.29 is 28.5 Å². The number of ketones is 1. The zero-order valence-corrected chi connectivity index (χ0v) is 12.8. The highest BCUT2D eigenvalue weighted by Gasteiger charge is 2.20. The molecule has 0 amide bonds. The van der Waals surface area contributed by atoms with Gasteiger partial charge in [-0.05, 0) is 24.3 Å². The Labute approximate surface area is 138 Å². The number of hydrogen-bond acceptors (Lipinski definition) is 6. The monoisotopic (exact) mass is 329 g/mol. The van der Waals surface area contributed by atoms with Crippen LogP contribution < -0.4 is 14.2 Å². The van der Waals surface area contributed by atoms with E-state index in [1.165, 1.54) is 24.4 Å². The van der Waals surface area contributed by atoms with E-state index >= 15 is 0 Å². The maximum atomic E-state index is 12.2. The second kappa shape index (κ2) is 6.99. The molecule has 0 saturated heterocycles. The average Bonchev–Trinajstić information content (AvgIpc) is 2.84. The topological polar surface area (TPSA) is 88.8 Å². The van der Waals surface area contributed by atoms with E-state index in [2.05, 4.69) is 0 Å². The van der Waals surface area contributed by atoms with Gasteiger partial charge in [0.2, 0.25) is 0 Å². The number of hydrogen-bond donors (Lipinski definition) is 0. The SMILES string of the molecule is O=C(COC(=O)c1cccc[n+]1[O-])c1ccc2c(c1)OCCCO2. The van der Waals surface area contributed by atoms with Crippen molar-refractivity contribution in [1.82, 2.24) is 0 Å². The summed E-state index contributed by atoms with van der Waals surface area (Å²) in [7, 11) is 0. The summed E-state index contributed by atoms with van der Waals surface area (Å²) >= 11 is 0. The highest BCUT2D eigenvalue weighted by atomic mass is 16.5. The fraction of sp³-hybridized carbons (Fsp3) is 0.235. The maximum absolute atomic E-state index is 12.2. The Balaban J connectivity index is 1.66. The lowest BCUT2D eigenvalue weighted by molar-refractivity contribution is -0.608. The molecule has 0 radical (unpaired) electrons. The van der Waals surface area contributed by atoms with Crippen molar-refractivity contribution in [1.29, 1.82) is 0 Å². The van der Waals surface area contributed by atoms with Gasteiger partial charge in [0.15, 0.2) is 30.1 Å². The fourth-order valence-corrected chi connectivity index (χ4v) is 2.21. The zero-order valence-electron chi connectivity index (χ0n) is 12.8. The summed E-state index contributed by atoms with van der Waals surface area (Å²) in [5.74, 6) is -0.177. The van der Waals surface area contributed by atoms with Crippen LogP contribution in [0.15, 0.2) is 42.6 Å². The minimum Gasteiger partial charge on any atom is -0.618 e. The van der Waals surface area contributed by atoms with Gasteiger partial charge >= 0.3 is 11.7 Å². The smallest absolute Gasteiger partial charge is 0.405 e. The summed E-state index contributed by atoms with van der Waals surface area (Å²) in [6.07, 6.45) is 1.95. The average molecular weight is 329 g/mol. The molecule has 0 atom stereocenters. The minimum atomic E-state index is -0.853. The van der Waals surface area contributed by atoms with E-state index in [1.807, 2.05) is 0 Å². The first-order valence-electron chi connectivity index (χ1n) is 7.43. The highest BCUT2D eigenvalue weighted by Crippen LogP contribution is 2.30. The Morgan fingerprint density at radius 1 is 1.12 bits per heavy atom. The molecule has 0 N–H and O–H groups in total. The van der Waals surface area contributed by atoms with Crippen LogP contribution in [0.3, 0.4) is 0 Å². The third-order valence-corrected chi connectivity index (χ3v) is 3.44. The van der Waals surface area contributed by atoms with E-state index in [-0.39, 0.29) is 5.69 Å². The quantitative estimate of drug-likeness (QED) is 0.366. The molecule has 0 unspecified atom stereocenters. The van der Waals surface area contributed by atoms with Crippen molar-refractivity contribution in [3.63, 3.8) is 0 Å². The summed E-state index contributed by atoms with van der Waals surface area (Å²) in [4.78, 5) is 24.0. The number of esters is 1. The molecule has 0 spiro atoms. The van der Waals surface area contributed by atoms with Gasteiger partial charge in [-0.3, -0.25) is 4.79 Å². The van der Waals surface area contributed by atoms with Crippen LogP contribution in [0.2, 0.25) is 0 Å². The Bertz CT molecular complexity index is 773. The minimum absolute atomic E-state index is 0.177. The third kappa shape index (κ3) is 3.45. The summed E-state index contributed by atoms with van der Waals surface area (Å²) in [6.45, 7) is 0.606. The lowest BCUT2D eigenvalue weighted by Gasteiger charge is -2.09. The molecule has 24 heavy (non-hydrogen) atoms. The normalized spacial score (nSPS) is 13.0. The van der Waals surface area contributed by atoms with Crippen LogP contribution in [0.4, 0.5) is 0 Å². The number of carbonyl (C=O) groups is 2. The van der Waals surface area contributed by atoms with E-state index in [0.29, 0.717) is 35.0 Å². The molecule has 3 rings (SSSR count). The van der Waals surface area contributed by atoms with E-state index in [0.717, 1.165) is 6.42 Å². The van der Waals surface area contributed by atoms with Crippen LogP contribution in [0, 0.1) is 5.21 Å². The number of rotatable bonds is 4. The molecular formula is C17H15NO6. The molecule has 1 aromatic heterocycles. The molecule has 0 aliphatic carbocycles. The van der Waals surface area contributed by atoms with Gasteiger partial charge in [0.25, 0.3) is 0 Å². The van der Waals surface area contributed by atoms with Crippen LogP contribution >= 0.6 is 0 Å². The van der Waals surface area contributed by atoms with Crippen molar-refractivity contribution in [2.24, 2.45) is 0 Å². The van der Waals surface area contributed by atoms with Crippen molar-refractivity contribution >= 4 is 11.8 Å². The van der Waals surface area contributed by atoms with Gasteiger partial charge in [0.05, 0.1) is 13.2 Å². The van der Waals surface area contributed by atoms with Gasteiger partial charge in [-0.15, -0.1) is 0 Å². The van der Waals surface area contributed by atoms with Crippen molar-refractivity contribution in [3.05, 3.63) is 59.1 Å². The lowest BCUT2D eigenvalue weighted by Crippen LogP contribution is -2.35. The second-order valence-corrected chi connectivity index (χ2v) is 5.12. The number of pyridine rings is 1. The van der Waals surface area contributed by atoms with E-state index in [9.17, 15) is 14.8 Å². The Hall–Kier alpha value is -3.09. The van der Waals surface area contributed by atoms with Gasteiger partial charge in [-0.25, -0.2) is 4.79 Å². The molecule has 7 heteroatoms. The van der Waals surface area contributed by atoms with E-state index in [4.69, 9.17) is 14.2 Å². The Kier molecular flexibility index (Phi) is 4.60. The summed E-state index contributed by atoms with van der Waals surface area (Å²) < 4.78 is 16.3. The first kappa shape index (κ1) is 15.8. The molecule has 124 valence electrons. The van der Waals surface area contributed by atoms with E-state index < -0.39 is 18.4 Å². The molecule has 2 aromatic rings. The van der Waals surface area contributed by atoms with Gasteiger partial charge in [0.1, 0.15) is 0 Å². The largest absolute Gasteiger partial charge is 0.618 e. The Morgan fingerprint density at radius 2 is 1.92 bits per heavy atom. The van der Waals surface area contributed by atoms with Crippen molar-refractivity contribution in [2.45, 2.75) is 6.42 Å². The first-order valence-corrected chi connectivity index (χ1v) is 7.43. The molecule has 1 aromatic carbocycles. The highest BCUT2D eigenvalue weighted by molar-refractivity contribution is 5.99. The predicted molar refractivity (Wildman–Crippen MR) is 82.1 cm³/mol. The van der Waals surface area contributed by atoms with Gasteiger partial charge in [-0.2, -0.15) is 4.73 Å². The van der Waals surface area contributed by atoms with Gasteiger partial charge in [-0.1, -0.05) is 0 Å². The first-order chi connectivity index (χ1) is 11.6. The molecule has 1 aliphatic rings. The molecule has 0 fully saturated rings. The van der Waals surface area contributed by atoms with Crippen LogP contribution in [-0.4, -0.2) is 31.6 Å². The number of Topliss-reactive ketones (excluding diaryl/α,β-unsaturated/α-hetero) is 1. The number of benzene rings is 1. The van der Waals surface area contributed by atoms with E-state index in [1.54, 1.807) is 18.2 Å². The van der Waals surface area contributed by atoms with Crippen LogP contribution in [-0.2, 0) is 4.74 Å². The Morgan fingerprint density at radius 3 is 2.71 bits per heavy atom. The van der Waals surface area contributed by atoms with Crippen LogP contribution in [0.1, 0.15) is 27.3 Å². The summed E-state index contributed by atoms with van der Waals surface area (Å²) in [5.41, 5.74) is 0.166. The molecular weight excluding hydrogens is 314 g/mol. The maximum Gasteiger partial charge on any atom is 0.405 e. The molecule has 0 bridgehead atoms. The molecule has 1 aliphatic heterocycles. The zero-order chi connectivity index (χ0) is 16.9. The second-order valence-electron chi connectivity index (χ2n) is 5.12. The van der Waals surface area contributed by atoms with Gasteiger partial charge < -0.3 is 19.4 Å². The predicted octanol–water partition coefficient (Wildman–Crippen LogP) is 1.52. The molecule has 2 heterocycles. The molecule has 7 nitrogen and oxygen atoms in total. The molecule has 0 saturated carbocycles. The number of ether oxygens (including phenoxy) is 3. The third-order valence-electron chi connectivity index (χ3n) is 3.44. The number of fused-ring (bicyclic) bond motifs is 1. The summed E-state index contributed by atoms with van der Waals surface area (Å²) in [5, 5.41) is 11.5. The van der Waals surface area contributed by atoms with Crippen LogP contribution in [0.25, 0.3) is 0 Å². The van der Waals surface area contributed by atoms with Crippen LogP contribution in [0.5, 0.6) is 11.5 Å². The number of carbonyl (C=O) groups excluding carboxylic acids is 2. The summed E-state index contributed by atoms with van der Waals surface area (Å²) in [6, 6.07) is 9.16. The standard InChI is InChI=1S/C17H15NO6/c19-14(11-24-17(20)13-4-1-2-7-18(13)21)12-5-6-15-16(10-12)23-9-3-8-22-15/h1-2,4-7,10H,3,8-9,11H2. The lowest BCUT2D eigenvalue weighted by atomic mass is 10.1.